The van der Waals surface area contributed by atoms with Crippen LogP contribution in [0.1, 0.15) is 0 Å². The number of hydrogen-bond donors (Lipinski definition) is 0. The summed E-state index contributed by atoms with van der Waals surface area (Å²) in [5.74, 6) is 1.10. The lowest BCUT2D eigenvalue weighted by atomic mass is 10.3. The summed E-state index contributed by atoms with van der Waals surface area (Å²) in [4.78, 5) is 20.4. The van der Waals surface area contributed by atoms with Crippen molar-refractivity contribution < 1.29 is 66.7 Å². The highest BCUT2D eigenvalue weighted by atomic mass is 16.6. The second-order valence-corrected chi connectivity index (χ2v) is 10.3. The number of nitrogens with zero attached hydrogens (tertiary/aromatic N) is 2. The van der Waals surface area contributed by atoms with Crippen molar-refractivity contribution in [2.24, 2.45) is 0 Å². The van der Waals surface area contributed by atoms with E-state index < -0.39 is 9.85 Å². The van der Waals surface area contributed by atoms with E-state index in [0.717, 1.165) is 0 Å². The van der Waals surface area contributed by atoms with E-state index in [1.165, 1.54) is 24.3 Å². The number of nitro benzene ring substituents is 2. The molecule has 0 aliphatic heterocycles. The molecule has 2 rings (SSSR count). The topological polar surface area (TPSA) is 197 Å². The summed E-state index contributed by atoms with van der Waals surface area (Å²) in [6.45, 7) is 9.66. The van der Waals surface area contributed by atoms with Crippen LogP contribution in [0.5, 0.6) is 11.5 Å². The van der Waals surface area contributed by atoms with Gasteiger partial charge in [0.1, 0.15) is 24.7 Å². The Morgan fingerprint density at radius 2 is 0.481 bits per heavy atom. The van der Waals surface area contributed by atoms with Gasteiger partial charge in [0.05, 0.1) is 142 Å². The van der Waals surface area contributed by atoms with Gasteiger partial charge in [0.25, 0.3) is 11.4 Å². The number of nitro groups is 2. The minimum absolute atomic E-state index is 0.0195. The second kappa shape index (κ2) is 32.1. The predicted octanol–water partition coefficient (Wildman–Crippen LogP) is 3.13. The zero-order valence-corrected chi connectivity index (χ0v) is 29.6. The Labute approximate surface area is 303 Å². The SMILES string of the molecule is O=[N+]([O-])c1ccc(OCCOCCOCCOCCOCCOCCOCCOCCOCCOCCOCCOc2ccc([N+](=O)[O-])cc2)cc1. The quantitative estimate of drug-likeness (QED) is 0.0555. The average Bonchev–Trinajstić information content (AvgIpc) is 3.15. The summed E-state index contributed by atoms with van der Waals surface area (Å²) in [7, 11) is 0. The van der Waals surface area contributed by atoms with Gasteiger partial charge in [-0.25, -0.2) is 0 Å². The fraction of sp³-hybridized carbons (Fsp3) is 0.647. The average molecular weight is 745 g/mol. The van der Waals surface area contributed by atoms with Gasteiger partial charge in [-0.3, -0.25) is 20.2 Å². The molecule has 0 spiro atoms. The van der Waals surface area contributed by atoms with Gasteiger partial charge < -0.3 is 56.8 Å². The molecule has 18 nitrogen and oxygen atoms in total. The number of non-ortho nitro benzene ring substituents is 2. The third-order valence-electron chi connectivity index (χ3n) is 6.44. The summed E-state index contributed by atoms with van der Waals surface area (Å²) in [5, 5.41) is 21.3. The lowest BCUT2D eigenvalue weighted by Gasteiger charge is -2.09. The first-order chi connectivity index (χ1) is 25.6. The third kappa shape index (κ3) is 25.4. The zero-order chi connectivity index (χ0) is 37.2. The van der Waals surface area contributed by atoms with E-state index in [4.69, 9.17) is 56.8 Å². The van der Waals surface area contributed by atoms with Gasteiger partial charge in [0.15, 0.2) is 0 Å². The first-order valence-corrected chi connectivity index (χ1v) is 17.1. The first-order valence-electron chi connectivity index (χ1n) is 17.1. The predicted molar refractivity (Wildman–Crippen MR) is 185 cm³/mol. The summed E-state index contributed by atoms with van der Waals surface area (Å²) in [6, 6.07) is 11.8. The van der Waals surface area contributed by atoms with Crippen LogP contribution in [0, 0.1) is 20.2 Å². The van der Waals surface area contributed by atoms with Crippen LogP contribution in [-0.2, 0) is 47.4 Å². The normalized spacial score (nSPS) is 11.2. The Kier molecular flexibility index (Phi) is 27.5. The van der Waals surface area contributed by atoms with Crippen LogP contribution in [0.25, 0.3) is 0 Å². The van der Waals surface area contributed by atoms with Gasteiger partial charge in [-0.15, -0.1) is 0 Å². The number of hydrogen-bond acceptors (Lipinski definition) is 16. The maximum absolute atomic E-state index is 10.6. The summed E-state index contributed by atoms with van der Waals surface area (Å²) in [5.41, 5.74) is 0.0389. The van der Waals surface area contributed by atoms with Gasteiger partial charge in [0.2, 0.25) is 0 Å². The minimum Gasteiger partial charge on any atom is -0.491 e. The third-order valence-corrected chi connectivity index (χ3v) is 6.44. The molecular weight excluding hydrogens is 692 g/mol. The second-order valence-electron chi connectivity index (χ2n) is 10.3. The van der Waals surface area contributed by atoms with Crippen molar-refractivity contribution in [1.82, 2.24) is 0 Å². The maximum Gasteiger partial charge on any atom is 0.269 e. The highest BCUT2D eigenvalue weighted by Crippen LogP contribution is 2.18. The van der Waals surface area contributed by atoms with E-state index >= 15 is 0 Å². The van der Waals surface area contributed by atoms with Crippen molar-refractivity contribution in [3.63, 3.8) is 0 Å². The largest absolute Gasteiger partial charge is 0.491 e. The first kappa shape index (κ1) is 44.6. The summed E-state index contributed by atoms with van der Waals surface area (Å²) in [6.07, 6.45) is 0. The van der Waals surface area contributed by atoms with Crippen molar-refractivity contribution >= 4 is 11.4 Å². The highest BCUT2D eigenvalue weighted by Gasteiger charge is 2.05. The van der Waals surface area contributed by atoms with E-state index in [1.807, 2.05) is 0 Å². The number of benzene rings is 2. The van der Waals surface area contributed by atoms with Gasteiger partial charge >= 0.3 is 0 Å². The molecule has 2 aromatic carbocycles. The molecule has 0 heterocycles. The van der Waals surface area contributed by atoms with Crippen LogP contribution in [-0.4, -0.2) is 155 Å². The lowest BCUT2D eigenvalue weighted by molar-refractivity contribution is -0.385. The van der Waals surface area contributed by atoms with Crippen LogP contribution < -0.4 is 9.47 Å². The molecule has 0 atom stereocenters. The molecule has 0 bridgehead atoms. The number of rotatable bonds is 37. The fourth-order valence-electron chi connectivity index (χ4n) is 3.85. The monoisotopic (exact) mass is 744 g/mol. The molecule has 2 aromatic rings. The molecule has 0 saturated heterocycles. The molecule has 52 heavy (non-hydrogen) atoms. The molecule has 0 aliphatic rings. The molecule has 0 saturated carbocycles. The van der Waals surface area contributed by atoms with E-state index in [0.29, 0.717) is 157 Å². The molecular formula is C34H52N2O16. The van der Waals surface area contributed by atoms with E-state index in [1.54, 1.807) is 24.3 Å². The smallest absolute Gasteiger partial charge is 0.269 e. The molecule has 294 valence electrons. The Morgan fingerprint density at radius 1 is 0.308 bits per heavy atom. The van der Waals surface area contributed by atoms with Gasteiger partial charge in [-0.2, -0.15) is 0 Å². The van der Waals surface area contributed by atoms with Crippen LogP contribution in [0.15, 0.2) is 48.5 Å². The molecule has 0 radical (unpaired) electrons. The van der Waals surface area contributed by atoms with Gasteiger partial charge in [-0.1, -0.05) is 0 Å². The molecule has 18 heteroatoms. The van der Waals surface area contributed by atoms with Crippen LogP contribution >= 0.6 is 0 Å². The van der Waals surface area contributed by atoms with Crippen molar-refractivity contribution in [3.05, 3.63) is 68.8 Å². The lowest BCUT2D eigenvalue weighted by Crippen LogP contribution is -2.15. The standard InChI is InChI=1S/C34H52N2O16/c37-35(38)31-1-5-33(6-2-31)51-29-27-49-25-23-47-21-19-45-17-15-43-13-11-41-9-10-42-12-14-44-16-18-46-20-22-48-24-26-50-28-30-52-34-7-3-32(4-8-34)36(39)40/h1-8H,9-30H2. The van der Waals surface area contributed by atoms with E-state index in [-0.39, 0.29) is 11.4 Å². The molecule has 0 aromatic heterocycles. The molecule has 0 N–H and O–H groups in total. The van der Waals surface area contributed by atoms with Crippen molar-refractivity contribution in [2.45, 2.75) is 0 Å². The fourth-order valence-corrected chi connectivity index (χ4v) is 3.85. The highest BCUT2D eigenvalue weighted by molar-refractivity contribution is 5.36. The molecule has 0 amide bonds. The number of ether oxygens (including phenoxy) is 12. The summed E-state index contributed by atoms with van der Waals surface area (Å²) < 4.78 is 65.4. The van der Waals surface area contributed by atoms with Crippen LogP contribution in [0.4, 0.5) is 11.4 Å². The Hall–Kier alpha value is -3.56. The van der Waals surface area contributed by atoms with E-state index in [9.17, 15) is 20.2 Å². The maximum atomic E-state index is 10.6. The Balaban J connectivity index is 1.16. The van der Waals surface area contributed by atoms with Crippen molar-refractivity contribution in [1.29, 1.82) is 0 Å². The van der Waals surface area contributed by atoms with Crippen LogP contribution in [0.2, 0.25) is 0 Å². The summed E-state index contributed by atoms with van der Waals surface area (Å²) >= 11 is 0. The van der Waals surface area contributed by atoms with E-state index in [2.05, 4.69) is 0 Å². The van der Waals surface area contributed by atoms with Gasteiger partial charge in [-0.05, 0) is 24.3 Å². The van der Waals surface area contributed by atoms with Gasteiger partial charge in [0, 0.05) is 24.3 Å². The molecule has 0 aliphatic carbocycles. The van der Waals surface area contributed by atoms with Crippen molar-refractivity contribution in [3.8, 4) is 11.5 Å². The molecule has 0 unspecified atom stereocenters. The molecule has 0 fully saturated rings. The Bertz CT molecular complexity index is 1050. The van der Waals surface area contributed by atoms with Crippen molar-refractivity contribution in [2.75, 3.05) is 145 Å². The minimum atomic E-state index is -0.457. The zero-order valence-electron chi connectivity index (χ0n) is 29.6. The Morgan fingerprint density at radius 3 is 0.654 bits per heavy atom. The van der Waals surface area contributed by atoms with Crippen LogP contribution in [0.3, 0.4) is 0 Å².